The van der Waals surface area contributed by atoms with E-state index in [0.29, 0.717) is 11.6 Å². The third-order valence-electron chi connectivity index (χ3n) is 3.91. The largest absolute Gasteiger partial charge is 0.472 e. The Labute approximate surface area is 118 Å². The van der Waals surface area contributed by atoms with Crippen LogP contribution in [0.15, 0.2) is 41.5 Å². The fourth-order valence-corrected chi connectivity index (χ4v) is 2.83. The first kappa shape index (κ1) is 13.0. The van der Waals surface area contributed by atoms with Crippen LogP contribution < -0.4 is 0 Å². The number of aryl methyl sites for hydroxylation is 1. The molecule has 1 aliphatic rings. The standard InChI is InChI=1S/C15H19N3O2/c19-15(13-6-11-20-12-13)18-9-2-1-4-14(18)5-10-17-8-3-7-16-17/h3,6-8,11-12,14H,1-2,4-5,9-10H2. The average molecular weight is 273 g/mol. The number of furan rings is 1. The first-order valence-corrected chi connectivity index (χ1v) is 7.15. The summed E-state index contributed by atoms with van der Waals surface area (Å²) in [6.07, 6.45) is 11.1. The van der Waals surface area contributed by atoms with Gasteiger partial charge in [0.2, 0.25) is 0 Å². The van der Waals surface area contributed by atoms with Gasteiger partial charge in [0.1, 0.15) is 6.26 Å². The summed E-state index contributed by atoms with van der Waals surface area (Å²) in [6.45, 7) is 1.70. The molecule has 0 N–H and O–H groups in total. The predicted octanol–water partition coefficient (Wildman–Crippen LogP) is 2.56. The van der Waals surface area contributed by atoms with E-state index in [2.05, 4.69) is 5.10 Å². The maximum atomic E-state index is 12.5. The molecule has 0 aliphatic carbocycles. The molecule has 1 saturated heterocycles. The molecule has 3 heterocycles. The topological polar surface area (TPSA) is 51.3 Å². The quantitative estimate of drug-likeness (QED) is 0.860. The molecule has 2 aromatic heterocycles. The molecular weight excluding hydrogens is 254 g/mol. The summed E-state index contributed by atoms with van der Waals surface area (Å²) >= 11 is 0. The van der Waals surface area contributed by atoms with Gasteiger partial charge in [-0.2, -0.15) is 5.10 Å². The van der Waals surface area contributed by atoms with Crippen molar-refractivity contribution in [2.24, 2.45) is 0 Å². The number of carbonyl (C=O) groups excluding carboxylic acids is 1. The van der Waals surface area contributed by atoms with Gasteiger partial charge in [-0.05, 0) is 37.8 Å². The Morgan fingerprint density at radius 2 is 2.40 bits per heavy atom. The van der Waals surface area contributed by atoms with Crippen LogP contribution in [0.3, 0.4) is 0 Å². The third kappa shape index (κ3) is 2.76. The average Bonchev–Trinajstić information content (AvgIpc) is 3.18. The molecule has 1 unspecified atom stereocenters. The number of hydrogen-bond donors (Lipinski definition) is 0. The Hall–Kier alpha value is -2.04. The second kappa shape index (κ2) is 5.94. The molecule has 1 fully saturated rings. The van der Waals surface area contributed by atoms with Crippen LogP contribution in [-0.4, -0.2) is 33.2 Å². The van der Waals surface area contributed by atoms with Crippen LogP contribution in [0.4, 0.5) is 0 Å². The first-order valence-electron chi connectivity index (χ1n) is 7.15. The number of amides is 1. The van der Waals surface area contributed by atoms with Gasteiger partial charge in [0, 0.05) is 31.5 Å². The third-order valence-corrected chi connectivity index (χ3v) is 3.91. The minimum absolute atomic E-state index is 0.0870. The number of aromatic nitrogens is 2. The lowest BCUT2D eigenvalue weighted by molar-refractivity contribution is 0.0593. The van der Waals surface area contributed by atoms with Crippen molar-refractivity contribution in [1.29, 1.82) is 0 Å². The molecule has 5 nitrogen and oxygen atoms in total. The Morgan fingerprint density at radius 3 is 3.15 bits per heavy atom. The summed E-state index contributed by atoms with van der Waals surface area (Å²) < 4.78 is 6.94. The van der Waals surface area contributed by atoms with E-state index in [1.807, 2.05) is 21.8 Å². The van der Waals surface area contributed by atoms with E-state index in [0.717, 1.165) is 32.4 Å². The summed E-state index contributed by atoms with van der Waals surface area (Å²) in [5.74, 6) is 0.0870. The van der Waals surface area contributed by atoms with Gasteiger partial charge in [0.15, 0.2) is 0 Å². The van der Waals surface area contributed by atoms with E-state index < -0.39 is 0 Å². The van der Waals surface area contributed by atoms with Crippen molar-refractivity contribution in [2.75, 3.05) is 6.54 Å². The zero-order valence-corrected chi connectivity index (χ0v) is 11.4. The molecular formula is C15H19N3O2. The number of carbonyl (C=O) groups is 1. The molecule has 20 heavy (non-hydrogen) atoms. The van der Waals surface area contributed by atoms with E-state index in [9.17, 15) is 4.79 Å². The van der Waals surface area contributed by atoms with Crippen molar-refractivity contribution < 1.29 is 9.21 Å². The minimum atomic E-state index is 0.0870. The van der Waals surface area contributed by atoms with Crippen molar-refractivity contribution in [1.82, 2.24) is 14.7 Å². The predicted molar refractivity (Wildman–Crippen MR) is 74.2 cm³/mol. The van der Waals surface area contributed by atoms with Gasteiger partial charge < -0.3 is 9.32 Å². The molecule has 1 atom stereocenters. The Morgan fingerprint density at radius 1 is 1.45 bits per heavy atom. The number of hydrogen-bond acceptors (Lipinski definition) is 3. The molecule has 0 bridgehead atoms. The molecule has 106 valence electrons. The Kier molecular flexibility index (Phi) is 3.85. The molecule has 1 amide bonds. The summed E-state index contributed by atoms with van der Waals surface area (Å²) in [5, 5.41) is 4.22. The normalized spacial score (nSPS) is 19.2. The number of piperidine rings is 1. The van der Waals surface area contributed by atoms with Crippen molar-refractivity contribution in [2.45, 2.75) is 38.3 Å². The lowest BCUT2D eigenvalue weighted by Crippen LogP contribution is -2.44. The number of likely N-dealkylation sites (tertiary alicyclic amines) is 1. The van der Waals surface area contributed by atoms with E-state index >= 15 is 0 Å². The van der Waals surface area contributed by atoms with Crippen LogP contribution in [0.25, 0.3) is 0 Å². The highest BCUT2D eigenvalue weighted by molar-refractivity contribution is 5.94. The molecule has 1 aliphatic heterocycles. The molecule has 5 heteroatoms. The SMILES string of the molecule is O=C(c1ccoc1)N1CCCCC1CCn1cccn1. The summed E-state index contributed by atoms with van der Waals surface area (Å²) in [7, 11) is 0. The zero-order chi connectivity index (χ0) is 13.8. The summed E-state index contributed by atoms with van der Waals surface area (Å²) in [6, 6.07) is 3.96. The van der Waals surface area contributed by atoms with E-state index in [1.165, 1.54) is 12.7 Å². The second-order valence-corrected chi connectivity index (χ2v) is 5.22. The van der Waals surface area contributed by atoms with Crippen molar-refractivity contribution in [3.63, 3.8) is 0 Å². The van der Waals surface area contributed by atoms with E-state index in [-0.39, 0.29) is 5.91 Å². The number of rotatable bonds is 4. The van der Waals surface area contributed by atoms with Crippen LogP contribution in [0.2, 0.25) is 0 Å². The first-order chi connectivity index (χ1) is 9.84. The van der Waals surface area contributed by atoms with Gasteiger partial charge in [-0.15, -0.1) is 0 Å². The maximum absolute atomic E-state index is 12.5. The highest BCUT2D eigenvalue weighted by Gasteiger charge is 2.27. The second-order valence-electron chi connectivity index (χ2n) is 5.22. The van der Waals surface area contributed by atoms with Gasteiger partial charge in [-0.3, -0.25) is 9.48 Å². The van der Waals surface area contributed by atoms with Gasteiger partial charge in [0.25, 0.3) is 5.91 Å². The lowest BCUT2D eigenvalue weighted by Gasteiger charge is -2.35. The van der Waals surface area contributed by atoms with Gasteiger partial charge in [-0.25, -0.2) is 0 Å². The van der Waals surface area contributed by atoms with Gasteiger partial charge in [0.05, 0.1) is 11.8 Å². The lowest BCUT2D eigenvalue weighted by atomic mass is 9.98. The minimum Gasteiger partial charge on any atom is -0.472 e. The molecule has 3 rings (SSSR count). The molecule has 0 radical (unpaired) electrons. The van der Waals surface area contributed by atoms with Crippen molar-refractivity contribution >= 4 is 5.91 Å². The zero-order valence-electron chi connectivity index (χ0n) is 11.4. The van der Waals surface area contributed by atoms with Crippen LogP contribution in [0.5, 0.6) is 0 Å². The van der Waals surface area contributed by atoms with Crippen LogP contribution in [0, 0.1) is 0 Å². The highest BCUT2D eigenvalue weighted by Crippen LogP contribution is 2.22. The fourth-order valence-electron chi connectivity index (χ4n) is 2.83. The van der Waals surface area contributed by atoms with Crippen molar-refractivity contribution in [3.8, 4) is 0 Å². The molecule has 0 spiro atoms. The van der Waals surface area contributed by atoms with Crippen molar-refractivity contribution in [3.05, 3.63) is 42.6 Å². The Balaban J connectivity index is 1.66. The highest BCUT2D eigenvalue weighted by atomic mass is 16.3. The van der Waals surface area contributed by atoms with Crippen LogP contribution >= 0.6 is 0 Å². The van der Waals surface area contributed by atoms with E-state index in [4.69, 9.17) is 4.42 Å². The van der Waals surface area contributed by atoms with Gasteiger partial charge >= 0.3 is 0 Å². The van der Waals surface area contributed by atoms with Crippen LogP contribution in [0.1, 0.15) is 36.0 Å². The summed E-state index contributed by atoms with van der Waals surface area (Å²) in [5.41, 5.74) is 0.649. The smallest absolute Gasteiger partial charge is 0.257 e. The van der Waals surface area contributed by atoms with Gasteiger partial charge in [-0.1, -0.05) is 0 Å². The summed E-state index contributed by atoms with van der Waals surface area (Å²) in [4.78, 5) is 14.5. The Bertz CT molecular complexity index is 533. The number of nitrogens with zero attached hydrogens (tertiary/aromatic N) is 3. The van der Waals surface area contributed by atoms with E-state index in [1.54, 1.807) is 18.5 Å². The monoisotopic (exact) mass is 273 g/mol. The molecule has 0 saturated carbocycles. The maximum Gasteiger partial charge on any atom is 0.257 e. The molecule has 2 aromatic rings. The molecule has 0 aromatic carbocycles. The fraction of sp³-hybridized carbons (Fsp3) is 0.467. The van der Waals surface area contributed by atoms with Crippen LogP contribution in [-0.2, 0) is 6.54 Å².